The molecule has 0 atom stereocenters. The van der Waals surface area contributed by atoms with E-state index < -0.39 is 0 Å². The molecule has 0 fully saturated rings. The summed E-state index contributed by atoms with van der Waals surface area (Å²) in [6, 6.07) is 17.0. The molecule has 0 saturated carbocycles. The van der Waals surface area contributed by atoms with Crippen molar-refractivity contribution in [2.45, 2.75) is 25.7 Å². The number of carbonyl (C=O) groups is 2. The normalized spacial score (nSPS) is 10.6. The predicted molar refractivity (Wildman–Crippen MR) is 103 cm³/mol. The molecule has 0 aliphatic heterocycles. The van der Waals surface area contributed by atoms with Crippen molar-refractivity contribution < 1.29 is 18.5 Å². The van der Waals surface area contributed by atoms with Crippen molar-refractivity contribution >= 4 is 11.7 Å². The van der Waals surface area contributed by atoms with E-state index in [1.807, 2.05) is 36.4 Å². The van der Waals surface area contributed by atoms with Crippen LogP contribution >= 0.6 is 0 Å². The first kappa shape index (κ1) is 19.5. The molecule has 144 valence electrons. The zero-order valence-corrected chi connectivity index (χ0v) is 15.4. The molecule has 6 heteroatoms. The summed E-state index contributed by atoms with van der Waals surface area (Å²) < 4.78 is 18.2. The molecule has 2 aromatic carbocycles. The van der Waals surface area contributed by atoms with E-state index in [2.05, 4.69) is 10.5 Å². The molecular weight excluding hydrogens is 359 g/mol. The maximum Gasteiger partial charge on any atom is 0.220 e. The zero-order valence-electron chi connectivity index (χ0n) is 15.4. The van der Waals surface area contributed by atoms with E-state index in [0.29, 0.717) is 30.7 Å². The van der Waals surface area contributed by atoms with Crippen LogP contribution in [-0.4, -0.2) is 23.4 Å². The van der Waals surface area contributed by atoms with Gasteiger partial charge >= 0.3 is 0 Å². The fourth-order valence-corrected chi connectivity index (χ4v) is 2.78. The van der Waals surface area contributed by atoms with Crippen LogP contribution in [0.15, 0.2) is 65.2 Å². The Bertz CT molecular complexity index is 920. The lowest BCUT2D eigenvalue weighted by atomic mass is 10.1. The molecule has 1 amide bonds. The second-order valence-corrected chi connectivity index (χ2v) is 6.43. The van der Waals surface area contributed by atoms with E-state index in [1.54, 1.807) is 0 Å². The number of ketones is 1. The third-order valence-corrected chi connectivity index (χ3v) is 4.29. The van der Waals surface area contributed by atoms with Crippen molar-refractivity contribution in [3.63, 3.8) is 0 Å². The topological polar surface area (TPSA) is 72.2 Å². The van der Waals surface area contributed by atoms with Gasteiger partial charge in [0.1, 0.15) is 5.82 Å². The van der Waals surface area contributed by atoms with Gasteiger partial charge in [-0.1, -0.05) is 35.5 Å². The maximum absolute atomic E-state index is 12.9. The minimum atomic E-state index is -0.376. The van der Waals surface area contributed by atoms with Crippen LogP contribution in [0.5, 0.6) is 0 Å². The van der Waals surface area contributed by atoms with Crippen molar-refractivity contribution in [3.05, 3.63) is 77.7 Å². The van der Waals surface area contributed by atoms with E-state index in [4.69, 9.17) is 4.52 Å². The van der Waals surface area contributed by atoms with Gasteiger partial charge in [0.2, 0.25) is 5.91 Å². The van der Waals surface area contributed by atoms with Gasteiger partial charge in [-0.2, -0.15) is 0 Å². The number of rotatable bonds is 9. The van der Waals surface area contributed by atoms with Gasteiger partial charge in [0.15, 0.2) is 11.5 Å². The summed E-state index contributed by atoms with van der Waals surface area (Å²) in [5.41, 5.74) is 2.18. The highest BCUT2D eigenvalue weighted by Gasteiger charge is 2.09. The lowest BCUT2D eigenvalue weighted by Gasteiger charge is -2.04. The number of hydrogen-bond donors (Lipinski definition) is 1. The van der Waals surface area contributed by atoms with Gasteiger partial charge in [-0.15, -0.1) is 0 Å². The number of nitrogens with one attached hydrogen (secondary N) is 1. The summed E-state index contributed by atoms with van der Waals surface area (Å²) in [5.74, 6) is 0.114. The van der Waals surface area contributed by atoms with Gasteiger partial charge in [0.05, 0.1) is 5.69 Å². The standard InChI is InChI=1S/C22H21FN2O3/c23-18-11-9-16(10-12-18)20(26)7-4-8-22(27)24-14-13-19-15-21(28-25-19)17-5-2-1-3-6-17/h1-3,5-6,9-12,15H,4,7-8,13-14H2,(H,24,27). The first-order valence-corrected chi connectivity index (χ1v) is 9.18. The van der Waals surface area contributed by atoms with Gasteiger partial charge in [-0.05, 0) is 30.7 Å². The fraction of sp³-hybridized carbons (Fsp3) is 0.227. The maximum atomic E-state index is 12.9. The van der Waals surface area contributed by atoms with Crippen molar-refractivity contribution in [2.24, 2.45) is 0 Å². The lowest BCUT2D eigenvalue weighted by Crippen LogP contribution is -2.25. The summed E-state index contributed by atoms with van der Waals surface area (Å²) in [4.78, 5) is 23.9. The Balaban J connectivity index is 1.35. The molecule has 3 rings (SSSR count). The summed E-state index contributed by atoms with van der Waals surface area (Å²) >= 11 is 0. The number of Topliss-reactive ketones (excluding diaryl/α,β-unsaturated/α-hetero) is 1. The number of nitrogens with zero attached hydrogens (tertiary/aromatic N) is 1. The van der Waals surface area contributed by atoms with Crippen molar-refractivity contribution in [1.82, 2.24) is 10.5 Å². The van der Waals surface area contributed by atoms with Crippen LogP contribution in [-0.2, 0) is 11.2 Å². The van der Waals surface area contributed by atoms with Crippen molar-refractivity contribution in [2.75, 3.05) is 6.54 Å². The Hall–Kier alpha value is -3.28. The molecule has 0 aliphatic carbocycles. The molecule has 0 aliphatic rings. The molecule has 1 aromatic heterocycles. The van der Waals surface area contributed by atoms with Gasteiger partial charge in [-0.3, -0.25) is 9.59 Å². The lowest BCUT2D eigenvalue weighted by molar-refractivity contribution is -0.121. The third-order valence-electron chi connectivity index (χ3n) is 4.29. The quantitative estimate of drug-likeness (QED) is 0.565. The second kappa shape index (κ2) is 9.60. The van der Waals surface area contributed by atoms with E-state index in [0.717, 1.165) is 11.3 Å². The molecule has 3 aromatic rings. The Morgan fingerprint density at radius 1 is 1.00 bits per heavy atom. The van der Waals surface area contributed by atoms with Crippen LogP contribution in [0.2, 0.25) is 0 Å². The van der Waals surface area contributed by atoms with Crippen molar-refractivity contribution in [1.29, 1.82) is 0 Å². The predicted octanol–water partition coefficient (Wildman–Crippen LogP) is 4.19. The highest BCUT2D eigenvalue weighted by molar-refractivity contribution is 5.96. The number of aromatic nitrogens is 1. The average Bonchev–Trinajstić information content (AvgIpc) is 3.18. The highest BCUT2D eigenvalue weighted by Crippen LogP contribution is 2.19. The molecular formula is C22H21FN2O3. The zero-order chi connectivity index (χ0) is 19.8. The van der Waals surface area contributed by atoms with E-state index in [1.165, 1.54) is 24.3 Å². The van der Waals surface area contributed by atoms with Crippen molar-refractivity contribution in [3.8, 4) is 11.3 Å². The monoisotopic (exact) mass is 380 g/mol. The summed E-state index contributed by atoms with van der Waals surface area (Å²) in [6.07, 6.45) is 1.53. The Morgan fingerprint density at radius 3 is 2.50 bits per heavy atom. The Morgan fingerprint density at radius 2 is 1.75 bits per heavy atom. The number of halogens is 1. The Labute approximate surface area is 162 Å². The minimum Gasteiger partial charge on any atom is -0.356 e. The van der Waals surface area contributed by atoms with Gasteiger partial charge in [0.25, 0.3) is 0 Å². The molecule has 0 unspecified atom stereocenters. The van der Waals surface area contributed by atoms with Gasteiger partial charge in [0, 0.05) is 43.0 Å². The molecule has 0 bridgehead atoms. The van der Waals surface area contributed by atoms with Crippen LogP contribution in [0, 0.1) is 5.82 Å². The first-order chi connectivity index (χ1) is 13.6. The largest absolute Gasteiger partial charge is 0.356 e. The number of carbonyl (C=O) groups excluding carboxylic acids is 2. The van der Waals surface area contributed by atoms with Gasteiger partial charge in [-0.25, -0.2) is 4.39 Å². The Kier molecular flexibility index (Phi) is 6.68. The van der Waals surface area contributed by atoms with E-state index in [-0.39, 0.29) is 30.3 Å². The first-order valence-electron chi connectivity index (χ1n) is 9.18. The number of benzene rings is 2. The van der Waals surface area contributed by atoms with Crippen LogP contribution in [0.4, 0.5) is 4.39 Å². The molecule has 1 heterocycles. The van der Waals surface area contributed by atoms with Gasteiger partial charge < -0.3 is 9.84 Å². The molecule has 0 saturated heterocycles. The SMILES string of the molecule is O=C(CCCC(=O)c1ccc(F)cc1)NCCc1cc(-c2ccccc2)on1. The second-order valence-electron chi connectivity index (χ2n) is 6.43. The summed E-state index contributed by atoms with van der Waals surface area (Å²) in [7, 11) is 0. The van der Waals surface area contributed by atoms with Crippen LogP contribution in [0.1, 0.15) is 35.3 Å². The fourth-order valence-electron chi connectivity index (χ4n) is 2.78. The van der Waals surface area contributed by atoms with Crippen LogP contribution < -0.4 is 5.32 Å². The summed E-state index contributed by atoms with van der Waals surface area (Å²) in [5, 5.41) is 6.84. The summed E-state index contributed by atoms with van der Waals surface area (Å²) in [6.45, 7) is 0.450. The molecule has 5 nitrogen and oxygen atoms in total. The third kappa shape index (κ3) is 5.61. The minimum absolute atomic E-state index is 0.0937. The molecule has 0 spiro atoms. The smallest absolute Gasteiger partial charge is 0.220 e. The highest BCUT2D eigenvalue weighted by atomic mass is 19.1. The molecule has 28 heavy (non-hydrogen) atoms. The molecule has 0 radical (unpaired) electrons. The average molecular weight is 380 g/mol. The van der Waals surface area contributed by atoms with Crippen LogP contribution in [0.25, 0.3) is 11.3 Å². The number of hydrogen-bond acceptors (Lipinski definition) is 4. The molecule has 1 N–H and O–H groups in total. The number of amides is 1. The van der Waals surface area contributed by atoms with E-state index >= 15 is 0 Å². The van der Waals surface area contributed by atoms with Crippen LogP contribution in [0.3, 0.4) is 0 Å². The van der Waals surface area contributed by atoms with E-state index in [9.17, 15) is 14.0 Å².